The van der Waals surface area contributed by atoms with Crippen LogP contribution in [0.25, 0.3) is 11.0 Å². The molecule has 3 saturated heterocycles. The molecule has 3 atom stereocenters. The second kappa shape index (κ2) is 6.02. The number of furan rings is 1. The lowest BCUT2D eigenvalue weighted by Crippen LogP contribution is -2.47. The summed E-state index contributed by atoms with van der Waals surface area (Å²) in [6.07, 6.45) is 3.37. The molecule has 3 aliphatic rings. The first-order valence-electron chi connectivity index (χ1n) is 9.28. The van der Waals surface area contributed by atoms with E-state index < -0.39 is 0 Å². The third-order valence-corrected chi connectivity index (χ3v) is 5.74. The van der Waals surface area contributed by atoms with E-state index in [2.05, 4.69) is 16.0 Å². The highest BCUT2D eigenvalue weighted by molar-refractivity contribution is 5.98. The first-order valence-corrected chi connectivity index (χ1v) is 9.28. The van der Waals surface area contributed by atoms with Gasteiger partial charge < -0.3 is 25.3 Å². The van der Waals surface area contributed by atoms with Gasteiger partial charge in [0.1, 0.15) is 5.58 Å². The Balaban J connectivity index is 1.34. The topological polar surface area (TPSA) is 86.6 Å². The van der Waals surface area contributed by atoms with E-state index in [1.807, 2.05) is 23.1 Å². The predicted molar refractivity (Wildman–Crippen MR) is 97.3 cm³/mol. The highest BCUT2D eigenvalue weighted by Gasteiger charge is 2.39. The summed E-state index contributed by atoms with van der Waals surface area (Å²) in [5.74, 6) is 0.613. The van der Waals surface area contributed by atoms with Crippen LogP contribution in [0.5, 0.6) is 0 Å². The summed E-state index contributed by atoms with van der Waals surface area (Å²) in [5.41, 5.74) is 1.28. The van der Waals surface area contributed by atoms with E-state index in [1.54, 1.807) is 6.07 Å². The lowest BCUT2D eigenvalue weighted by atomic mass is 9.95. The van der Waals surface area contributed by atoms with Crippen LogP contribution >= 0.6 is 0 Å². The lowest BCUT2D eigenvalue weighted by Gasteiger charge is -2.25. The minimum Gasteiger partial charge on any atom is -0.441 e. The first kappa shape index (κ1) is 15.7. The van der Waals surface area contributed by atoms with Gasteiger partial charge in [-0.05, 0) is 31.4 Å². The highest BCUT2D eigenvalue weighted by atomic mass is 16.4. The molecular formula is C19H22N4O3. The van der Waals surface area contributed by atoms with Crippen molar-refractivity contribution in [2.75, 3.05) is 24.5 Å². The monoisotopic (exact) mass is 354 g/mol. The van der Waals surface area contributed by atoms with Crippen LogP contribution in [0.3, 0.4) is 0 Å². The van der Waals surface area contributed by atoms with Crippen LogP contribution in [-0.4, -0.2) is 49.6 Å². The number of carbonyl (C=O) groups excluding carboxylic acids is 2. The Morgan fingerprint density at radius 1 is 1.27 bits per heavy atom. The molecule has 0 unspecified atom stereocenters. The van der Waals surface area contributed by atoms with Crippen molar-refractivity contribution < 1.29 is 14.0 Å². The summed E-state index contributed by atoms with van der Waals surface area (Å²) in [6.45, 7) is 1.63. The van der Waals surface area contributed by atoms with E-state index in [1.165, 1.54) is 6.42 Å². The fraction of sp³-hybridized carbons (Fsp3) is 0.474. The SMILES string of the molecule is O=C1CN(c2cc3ccc(C(=O)N[C@@H]4C[C@H]5CC[C@@H]4N5)cc3o2)CCN1. The van der Waals surface area contributed by atoms with Crippen LogP contribution in [0.15, 0.2) is 28.7 Å². The van der Waals surface area contributed by atoms with Crippen molar-refractivity contribution in [3.05, 3.63) is 29.8 Å². The number of hydrogen-bond donors (Lipinski definition) is 3. The second-order valence-corrected chi connectivity index (χ2v) is 7.47. The van der Waals surface area contributed by atoms with Crippen LogP contribution in [0.1, 0.15) is 29.6 Å². The summed E-state index contributed by atoms with van der Waals surface area (Å²) < 4.78 is 5.92. The average Bonchev–Trinajstić information content (AvgIpc) is 3.36. The molecule has 136 valence electrons. The van der Waals surface area contributed by atoms with Crippen molar-refractivity contribution in [1.82, 2.24) is 16.0 Å². The van der Waals surface area contributed by atoms with Crippen LogP contribution in [0, 0.1) is 0 Å². The number of benzene rings is 1. The maximum absolute atomic E-state index is 12.6. The zero-order valence-electron chi connectivity index (χ0n) is 14.5. The van der Waals surface area contributed by atoms with Gasteiger partial charge in [-0.25, -0.2) is 0 Å². The molecule has 1 aromatic carbocycles. The number of anilines is 1. The summed E-state index contributed by atoms with van der Waals surface area (Å²) in [6, 6.07) is 8.64. The summed E-state index contributed by atoms with van der Waals surface area (Å²) in [5, 5.41) is 10.4. The number of rotatable bonds is 3. The molecule has 0 radical (unpaired) electrons. The fourth-order valence-corrected chi connectivity index (χ4v) is 4.38. The molecule has 4 heterocycles. The number of amides is 2. The van der Waals surface area contributed by atoms with Gasteiger partial charge >= 0.3 is 0 Å². The summed E-state index contributed by atoms with van der Waals surface area (Å²) in [4.78, 5) is 26.1. The Labute approximate surface area is 151 Å². The molecule has 2 aromatic rings. The van der Waals surface area contributed by atoms with Crippen molar-refractivity contribution in [2.24, 2.45) is 0 Å². The predicted octanol–water partition coefficient (Wildman–Crippen LogP) is 0.992. The number of hydrogen-bond acceptors (Lipinski definition) is 5. The van der Waals surface area contributed by atoms with Gasteiger partial charge in [-0.2, -0.15) is 0 Å². The standard InChI is InChI=1S/C19H22N4O3/c24-17-10-23(6-5-20-17)18-8-11-1-2-12(7-16(11)26-18)19(25)22-15-9-13-3-4-14(15)21-13/h1-2,7-8,13-15,21H,3-6,9-10H2,(H,20,24)(H,22,25)/t13-,14+,15-/m1/s1. The average molecular weight is 354 g/mol. The zero-order chi connectivity index (χ0) is 17.7. The lowest BCUT2D eigenvalue weighted by molar-refractivity contribution is -0.120. The minimum absolute atomic E-state index is 0.00348. The van der Waals surface area contributed by atoms with Gasteiger partial charge in [0, 0.05) is 48.2 Å². The molecular weight excluding hydrogens is 332 g/mol. The van der Waals surface area contributed by atoms with Crippen molar-refractivity contribution in [3.8, 4) is 0 Å². The highest BCUT2D eigenvalue weighted by Crippen LogP contribution is 2.29. The number of nitrogens with one attached hydrogen (secondary N) is 3. The molecule has 5 rings (SSSR count). The van der Waals surface area contributed by atoms with E-state index in [4.69, 9.17) is 4.42 Å². The number of fused-ring (bicyclic) bond motifs is 3. The Hall–Kier alpha value is -2.54. The van der Waals surface area contributed by atoms with Gasteiger partial charge in [0.05, 0.1) is 6.54 Å². The molecule has 26 heavy (non-hydrogen) atoms. The summed E-state index contributed by atoms with van der Waals surface area (Å²) in [7, 11) is 0. The van der Waals surface area contributed by atoms with Gasteiger partial charge in [0.2, 0.25) is 5.91 Å². The molecule has 7 nitrogen and oxygen atoms in total. The van der Waals surface area contributed by atoms with Crippen molar-refractivity contribution in [1.29, 1.82) is 0 Å². The molecule has 0 aliphatic carbocycles. The smallest absolute Gasteiger partial charge is 0.251 e. The second-order valence-electron chi connectivity index (χ2n) is 7.47. The number of carbonyl (C=O) groups is 2. The number of piperazine rings is 1. The molecule has 7 heteroatoms. The molecule has 0 saturated carbocycles. The van der Waals surface area contributed by atoms with Crippen molar-refractivity contribution in [3.63, 3.8) is 0 Å². The molecule has 3 fully saturated rings. The van der Waals surface area contributed by atoms with Crippen LogP contribution in [-0.2, 0) is 4.79 Å². The van der Waals surface area contributed by atoms with E-state index in [9.17, 15) is 9.59 Å². The third kappa shape index (κ3) is 2.72. The third-order valence-electron chi connectivity index (χ3n) is 5.74. The van der Waals surface area contributed by atoms with Gasteiger partial charge in [-0.3, -0.25) is 9.59 Å². The molecule has 3 aliphatic heterocycles. The summed E-state index contributed by atoms with van der Waals surface area (Å²) >= 11 is 0. The fourth-order valence-electron chi connectivity index (χ4n) is 4.38. The largest absolute Gasteiger partial charge is 0.441 e. The molecule has 2 bridgehead atoms. The van der Waals surface area contributed by atoms with E-state index in [-0.39, 0.29) is 17.9 Å². The minimum atomic E-state index is -0.0541. The number of nitrogens with zero attached hydrogens (tertiary/aromatic N) is 1. The molecule has 3 N–H and O–H groups in total. The molecule has 2 amide bonds. The van der Waals surface area contributed by atoms with Crippen LogP contribution in [0.4, 0.5) is 5.88 Å². The molecule has 1 aromatic heterocycles. The van der Waals surface area contributed by atoms with Crippen LogP contribution in [0.2, 0.25) is 0 Å². The van der Waals surface area contributed by atoms with Crippen molar-refractivity contribution in [2.45, 2.75) is 37.4 Å². The Kier molecular flexibility index (Phi) is 3.63. The van der Waals surface area contributed by atoms with Gasteiger partial charge in [-0.1, -0.05) is 6.07 Å². The maximum Gasteiger partial charge on any atom is 0.251 e. The van der Waals surface area contributed by atoms with Gasteiger partial charge in [-0.15, -0.1) is 0 Å². The van der Waals surface area contributed by atoms with Crippen molar-refractivity contribution >= 4 is 28.7 Å². The Bertz CT molecular complexity index is 877. The van der Waals surface area contributed by atoms with Gasteiger partial charge in [0.15, 0.2) is 5.88 Å². The van der Waals surface area contributed by atoms with E-state index in [0.717, 1.165) is 24.8 Å². The quantitative estimate of drug-likeness (QED) is 0.765. The van der Waals surface area contributed by atoms with Crippen LogP contribution < -0.4 is 20.9 Å². The Morgan fingerprint density at radius 3 is 2.96 bits per heavy atom. The Morgan fingerprint density at radius 2 is 2.19 bits per heavy atom. The molecule has 0 spiro atoms. The van der Waals surface area contributed by atoms with E-state index >= 15 is 0 Å². The first-order chi connectivity index (χ1) is 12.7. The zero-order valence-corrected chi connectivity index (χ0v) is 14.5. The normalized spacial score (nSPS) is 27.8. The maximum atomic E-state index is 12.6. The van der Waals surface area contributed by atoms with E-state index in [0.29, 0.717) is 42.2 Å². The van der Waals surface area contributed by atoms with Gasteiger partial charge in [0.25, 0.3) is 5.91 Å².